The Kier molecular flexibility index (Phi) is 6.11. The van der Waals surface area contributed by atoms with Crippen molar-refractivity contribution in [3.63, 3.8) is 0 Å². The minimum atomic E-state index is -0.615. The van der Waals surface area contributed by atoms with Crippen LogP contribution in [0.4, 0.5) is 10.8 Å². The predicted octanol–water partition coefficient (Wildman–Crippen LogP) is 2.07. The minimum Gasteiger partial charge on any atom is -0.495 e. The van der Waals surface area contributed by atoms with Gasteiger partial charge >= 0.3 is 5.69 Å². The molecule has 2 aromatic heterocycles. The number of nitrogens with one attached hydrogen (secondary N) is 1. The molecule has 0 spiro atoms. The number of ether oxygens (including phenoxy) is 2. The SMILES string of the molecule is COc1cc(OC)c(NC(=O)Cn2c(=O)n(C)c(=O)c3sc(N4CCCC4)nc32)cc1Cl. The molecule has 0 unspecified atom stereocenters. The van der Waals surface area contributed by atoms with Crippen molar-refractivity contribution < 1.29 is 14.3 Å². The number of methoxy groups -OCH3 is 2. The van der Waals surface area contributed by atoms with Gasteiger partial charge in [-0.2, -0.15) is 0 Å². The lowest BCUT2D eigenvalue weighted by atomic mass is 10.2. The molecular formula is C20H22ClN5O5S. The summed E-state index contributed by atoms with van der Waals surface area (Å²) in [4.78, 5) is 44.9. The molecule has 1 aliphatic heterocycles. The number of carbonyl (C=O) groups is 1. The van der Waals surface area contributed by atoms with E-state index in [2.05, 4.69) is 15.2 Å². The van der Waals surface area contributed by atoms with Crippen LogP contribution in [0.2, 0.25) is 5.02 Å². The second kappa shape index (κ2) is 8.83. The van der Waals surface area contributed by atoms with E-state index < -0.39 is 17.2 Å². The molecule has 1 N–H and O–H groups in total. The highest BCUT2D eigenvalue weighted by Gasteiger charge is 2.22. The molecule has 10 nitrogen and oxygen atoms in total. The molecule has 0 bridgehead atoms. The topological polar surface area (TPSA) is 108 Å². The largest absolute Gasteiger partial charge is 0.495 e. The van der Waals surface area contributed by atoms with E-state index in [4.69, 9.17) is 21.1 Å². The van der Waals surface area contributed by atoms with E-state index in [1.54, 1.807) is 6.07 Å². The molecule has 12 heteroatoms. The fourth-order valence-electron chi connectivity index (χ4n) is 3.61. The number of thiazole rings is 1. The number of amides is 1. The van der Waals surface area contributed by atoms with Gasteiger partial charge in [0.25, 0.3) is 5.56 Å². The first-order valence-electron chi connectivity index (χ1n) is 9.90. The molecule has 1 amide bonds. The molecule has 3 heterocycles. The maximum atomic E-state index is 12.8. The second-order valence-electron chi connectivity index (χ2n) is 7.31. The molecule has 1 aliphatic rings. The summed E-state index contributed by atoms with van der Waals surface area (Å²) in [5.41, 5.74) is -0.503. The molecule has 0 saturated carbocycles. The number of hydrogen-bond donors (Lipinski definition) is 1. The van der Waals surface area contributed by atoms with E-state index in [0.29, 0.717) is 32.0 Å². The number of carbonyl (C=O) groups excluding carboxylic acids is 1. The Morgan fingerprint density at radius 2 is 1.88 bits per heavy atom. The number of rotatable bonds is 6. The van der Waals surface area contributed by atoms with Crippen molar-refractivity contribution in [1.29, 1.82) is 0 Å². The molecular weight excluding hydrogens is 458 g/mol. The first-order chi connectivity index (χ1) is 15.3. The lowest BCUT2D eigenvalue weighted by Crippen LogP contribution is -2.39. The van der Waals surface area contributed by atoms with Gasteiger partial charge in [0.1, 0.15) is 22.7 Å². The van der Waals surface area contributed by atoms with Crippen molar-refractivity contribution in [2.24, 2.45) is 7.05 Å². The van der Waals surface area contributed by atoms with Gasteiger partial charge in [-0.15, -0.1) is 0 Å². The van der Waals surface area contributed by atoms with Crippen LogP contribution in [0, 0.1) is 0 Å². The van der Waals surface area contributed by atoms with Crippen molar-refractivity contribution in [2.45, 2.75) is 19.4 Å². The van der Waals surface area contributed by atoms with Gasteiger partial charge < -0.3 is 19.7 Å². The summed E-state index contributed by atoms with van der Waals surface area (Å²) in [7, 11) is 4.31. The number of aromatic nitrogens is 3. The third-order valence-electron chi connectivity index (χ3n) is 5.30. The van der Waals surface area contributed by atoms with Gasteiger partial charge in [-0.1, -0.05) is 22.9 Å². The molecule has 3 aromatic rings. The van der Waals surface area contributed by atoms with Gasteiger partial charge in [0.05, 0.1) is 24.9 Å². The van der Waals surface area contributed by atoms with Crippen molar-refractivity contribution in [3.05, 3.63) is 38.0 Å². The van der Waals surface area contributed by atoms with Gasteiger partial charge in [-0.25, -0.2) is 9.78 Å². The zero-order valence-corrected chi connectivity index (χ0v) is 19.4. The van der Waals surface area contributed by atoms with Crippen LogP contribution in [0.1, 0.15) is 12.8 Å². The maximum absolute atomic E-state index is 12.8. The van der Waals surface area contributed by atoms with Crippen LogP contribution in [0.5, 0.6) is 11.5 Å². The Balaban J connectivity index is 1.70. The lowest BCUT2D eigenvalue weighted by Gasteiger charge is -2.14. The zero-order chi connectivity index (χ0) is 23.0. The van der Waals surface area contributed by atoms with E-state index in [1.807, 2.05) is 0 Å². The summed E-state index contributed by atoms with van der Waals surface area (Å²) in [6, 6.07) is 3.06. The van der Waals surface area contributed by atoms with Gasteiger partial charge in [-0.05, 0) is 18.9 Å². The highest BCUT2D eigenvalue weighted by Crippen LogP contribution is 2.36. The first kappa shape index (κ1) is 22.2. The molecule has 0 radical (unpaired) electrons. The van der Waals surface area contributed by atoms with Crippen molar-refractivity contribution in [1.82, 2.24) is 14.1 Å². The average Bonchev–Trinajstić information content (AvgIpc) is 3.45. The number of halogens is 1. The summed E-state index contributed by atoms with van der Waals surface area (Å²) in [5.74, 6) is 0.249. The molecule has 1 saturated heterocycles. The summed E-state index contributed by atoms with van der Waals surface area (Å²) in [5, 5.41) is 3.67. The summed E-state index contributed by atoms with van der Waals surface area (Å²) in [6.07, 6.45) is 2.10. The first-order valence-corrected chi connectivity index (χ1v) is 11.1. The molecule has 0 aliphatic carbocycles. The van der Waals surface area contributed by atoms with E-state index in [9.17, 15) is 14.4 Å². The van der Waals surface area contributed by atoms with E-state index in [0.717, 1.165) is 30.5 Å². The zero-order valence-electron chi connectivity index (χ0n) is 17.8. The monoisotopic (exact) mass is 479 g/mol. The summed E-state index contributed by atoms with van der Waals surface area (Å²) in [6.45, 7) is 1.37. The van der Waals surface area contributed by atoms with Gasteiger partial charge in [0.2, 0.25) is 5.91 Å². The Bertz CT molecular complexity index is 1310. The van der Waals surface area contributed by atoms with Crippen molar-refractivity contribution in [2.75, 3.05) is 37.5 Å². The van der Waals surface area contributed by atoms with E-state index >= 15 is 0 Å². The second-order valence-corrected chi connectivity index (χ2v) is 8.70. The van der Waals surface area contributed by atoms with Crippen LogP contribution >= 0.6 is 22.9 Å². The standard InChI is InChI=1S/C20H22ClN5O5S/c1-24-18(28)16-17(23-19(32-16)25-6-4-5-7-25)26(20(24)29)10-15(27)22-12-8-11(21)13(30-2)9-14(12)31-3/h8-9H,4-7,10H2,1-3H3,(H,22,27). The van der Waals surface area contributed by atoms with E-state index in [1.165, 1.54) is 43.2 Å². The van der Waals surface area contributed by atoms with Gasteiger partial charge in [0, 0.05) is 26.2 Å². The smallest absolute Gasteiger partial charge is 0.332 e. The quantitative estimate of drug-likeness (QED) is 0.576. The third kappa shape index (κ3) is 3.93. The van der Waals surface area contributed by atoms with Crippen LogP contribution in [-0.2, 0) is 18.4 Å². The maximum Gasteiger partial charge on any atom is 0.332 e. The number of fused-ring (bicyclic) bond motifs is 1. The molecule has 32 heavy (non-hydrogen) atoms. The number of anilines is 2. The normalized spacial score (nSPS) is 13.6. The molecule has 4 rings (SSSR count). The van der Waals surface area contributed by atoms with Crippen LogP contribution in [0.25, 0.3) is 10.3 Å². The third-order valence-corrected chi connectivity index (χ3v) is 6.69. The Hall–Kier alpha value is -3.05. The highest BCUT2D eigenvalue weighted by atomic mass is 35.5. The van der Waals surface area contributed by atoms with Crippen LogP contribution < -0.4 is 30.9 Å². The Morgan fingerprint density at radius 1 is 1.19 bits per heavy atom. The summed E-state index contributed by atoms with van der Waals surface area (Å²) < 4.78 is 13.0. The Labute approximate surface area is 191 Å². The summed E-state index contributed by atoms with van der Waals surface area (Å²) >= 11 is 7.41. The predicted molar refractivity (Wildman–Crippen MR) is 124 cm³/mol. The van der Waals surface area contributed by atoms with Crippen molar-refractivity contribution in [3.8, 4) is 11.5 Å². The molecule has 0 atom stereocenters. The van der Waals surface area contributed by atoms with Gasteiger partial charge in [0.15, 0.2) is 10.8 Å². The number of benzene rings is 1. The number of nitrogens with zero attached hydrogens (tertiary/aromatic N) is 4. The minimum absolute atomic E-state index is 0.208. The molecule has 1 fully saturated rings. The number of hydrogen-bond acceptors (Lipinski definition) is 8. The fourth-order valence-corrected chi connectivity index (χ4v) is 4.95. The van der Waals surface area contributed by atoms with Crippen LogP contribution in [0.3, 0.4) is 0 Å². The van der Waals surface area contributed by atoms with Crippen LogP contribution in [0.15, 0.2) is 21.7 Å². The van der Waals surface area contributed by atoms with Crippen molar-refractivity contribution >= 4 is 50.0 Å². The van der Waals surface area contributed by atoms with Gasteiger partial charge in [-0.3, -0.25) is 18.7 Å². The lowest BCUT2D eigenvalue weighted by molar-refractivity contribution is -0.116. The highest BCUT2D eigenvalue weighted by molar-refractivity contribution is 7.22. The fraction of sp³-hybridized carbons (Fsp3) is 0.400. The molecule has 170 valence electrons. The Morgan fingerprint density at radius 3 is 2.53 bits per heavy atom. The average molecular weight is 480 g/mol. The molecule has 1 aromatic carbocycles. The van der Waals surface area contributed by atoms with Crippen LogP contribution in [-0.4, -0.2) is 47.3 Å². The van der Waals surface area contributed by atoms with E-state index in [-0.39, 0.29) is 12.2 Å².